The lowest BCUT2D eigenvalue weighted by Crippen LogP contribution is -2.30. The van der Waals surface area contributed by atoms with Gasteiger partial charge in [-0.15, -0.1) is 10.2 Å². The number of benzene rings is 2. The van der Waals surface area contributed by atoms with Crippen molar-refractivity contribution in [2.75, 3.05) is 0 Å². The molecule has 2 aromatic carbocycles. The number of hydrogen-bond donors (Lipinski definition) is 2. The van der Waals surface area contributed by atoms with Gasteiger partial charge in [0.05, 0.1) is 16.8 Å². The minimum Gasteiger partial charge on any atom is -0.492 e. The number of aromatic nitrogens is 3. The molecule has 0 aliphatic carbocycles. The number of para-hydroxylation sites is 1. The summed E-state index contributed by atoms with van der Waals surface area (Å²) in [4.78, 5) is 29.0. The van der Waals surface area contributed by atoms with Crippen molar-refractivity contribution in [1.29, 1.82) is 0 Å². The second-order valence-corrected chi connectivity index (χ2v) is 8.66. The van der Waals surface area contributed by atoms with Gasteiger partial charge >= 0.3 is 0 Å². The molecule has 11 nitrogen and oxygen atoms in total. The van der Waals surface area contributed by atoms with Crippen LogP contribution in [0.1, 0.15) is 10.4 Å². The quantitative estimate of drug-likeness (QED) is 0.432. The topological polar surface area (TPSA) is 148 Å². The lowest BCUT2D eigenvalue weighted by Gasteiger charge is -2.10. The number of nitrogens with one attached hydrogen (secondary N) is 1. The van der Waals surface area contributed by atoms with Crippen molar-refractivity contribution in [3.63, 3.8) is 0 Å². The van der Waals surface area contributed by atoms with Crippen molar-refractivity contribution in [3.05, 3.63) is 76.7 Å². The Morgan fingerprint density at radius 1 is 1.00 bits per heavy atom. The summed E-state index contributed by atoms with van der Waals surface area (Å²) in [6, 6.07) is 13.9. The van der Waals surface area contributed by atoms with Gasteiger partial charge in [0.1, 0.15) is 4.90 Å². The van der Waals surface area contributed by atoms with E-state index in [1.54, 1.807) is 30.3 Å². The van der Waals surface area contributed by atoms with E-state index in [1.807, 2.05) is 4.72 Å². The third-order valence-corrected chi connectivity index (χ3v) is 6.35. The molecule has 0 aliphatic heterocycles. The molecule has 0 saturated carbocycles. The van der Waals surface area contributed by atoms with E-state index in [0.717, 1.165) is 4.68 Å². The molecule has 0 unspecified atom stereocenters. The number of rotatable bonds is 5. The van der Waals surface area contributed by atoms with E-state index in [1.165, 1.54) is 49.2 Å². The number of amides is 1. The van der Waals surface area contributed by atoms with Crippen molar-refractivity contribution in [2.24, 2.45) is 24.3 Å². The van der Waals surface area contributed by atoms with E-state index in [2.05, 4.69) is 15.2 Å². The summed E-state index contributed by atoms with van der Waals surface area (Å²) < 4.78 is 30.2. The van der Waals surface area contributed by atoms with Gasteiger partial charge < -0.3 is 5.11 Å². The van der Waals surface area contributed by atoms with Gasteiger partial charge in [-0.2, -0.15) is 0 Å². The first-order chi connectivity index (χ1) is 15.7. The zero-order chi connectivity index (χ0) is 23.8. The van der Waals surface area contributed by atoms with Gasteiger partial charge in [-0.3, -0.25) is 19.3 Å². The van der Waals surface area contributed by atoms with Crippen LogP contribution in [0.3, 0.4) is 0 Å². The maximum atomic E-state index is 12.9. The Bertz CT molecular complexity index is 1580. The maximum Gasteiger partial charge on any atom is 0.298 e. The van der Waals surface area contributed by atoms with Gasteiger partial charge in [-0.05, 0) is 24.3 Å². The number of hydrogen-bond acceptors (Lipinski definition) is 8. The van der Waals surface area contributed by atoms with Gasteiger partial charge in [0, 0.05) is 25.7 Å². The summed E-state index contributed by atoms with van der Waals surface area (Å²) in [6.07, 6.45) is 1.46. The number of azo groups is 1. The van der Waals surface area contributed by atoms with E-state index < -0.39 is 27.4 Å². The van der Waals surface area contributed by atoms with Crippen LogP contribution in [0, 0.1) is 0 Å². The van der Waals surface area contributed by atoms with E-state index >= 15 is 0 Å². The first-order valence-electron chi connectivity index (χ1n) is 9.57. The summed E-state index contributed by atoms with van der Waals surface area (Å²) in [5.74, 6) is -1.35. The smallest absolute Gasteiger partial charge is 0.298 e. The molecule has 0 atom stereocenters. The molecule has 168 valence electrons. The molecule has 4 rings (SSSR count). The molecule has 2 aromatic heterocycles. The van der Waals surface area contributed by atoms with Crippen LogP contribution in [0.4, 0.5) is 11.4 Å². The first-order valence-corrected chi connectivity index (χ1v) is 11.1. The molecular weight excluding hydrogens is 448 g/mol. The number of carbonyl (C=O) groups is 1. The van der Waals surface area contributed by atoms with Crippen LogP contribution in [0.2, 0.25) is 0 Å². The fourth-order valence-electron chi connectivity index (χ4n) is 3.15. The average molecular weight is 466 g/mol. The molecule has 0 fully saturated rings. The van der Waals surface area contributed by atoms with E-state index in [4.69, 9.17) is 0 Å². The molecule has 0 aliphatic rings. The Morgan fingerprint density at radius 3 is 2.45 bits per heavy atom. The zero-order valence-electron chi connectivity index (χ0n) is 17.5. The third kappa shape index (κ3) is 3.99. The molecule has 2 heterocycles. The van der Waals surface area contributed by atoms with Gasteiger partial charge in [0.15, 0.2) is 0 Å². The lowest BCUT2D eigenvalue weighted by atomic mass is 10.2. The van der Waals surface area contributed by atoms with Crippen LogP contribution in [-0.2, 0) is 24.1 Å². The second kappa shape index (κ2) is 8.31. The Balaban J connectivity index is 1.68. The van der Waals surface area contributed by atoms with Crippen LogP contribution < -0.4 is 10.3 Å². The minimum atomic E-state index is -4.26. The molecule has 33 heavy (non-hydrogen) atoms. The molecule has 1 amide bonds. The number of nitrogens with zero attached hydrogens (tertiary/aromatic N) is 5. The number of aromatic hydroxyl groups is 1. The molecule has 12 heteroatoms. The number of carbonyl (C=O) groups excluding carboxylic acids is 1. The predicted octanol–water partition coefficient (Wildman–Crippen LogP) is 2.51. The predicted molar refractivity (Wildman–Crippen MR) is 119 cm³/mol. The van der Waals surface area contributed by atoms with Crippen molar-refractivity contribution >= 4 is 38.2 Å². The number of fused-ring (bicyclic) bond motifs is 1. The van der Waals surface area contributed by atoms with Gasteiger partial charge in [-0.1, -0.05) is 30.3 Å². The highest BCUT2D eigenvalue weighted by molar-refractivity contribution is 7.90. The molecule has 0 saturated heterocycles. The van der Waals surface area contributed by atoms with Crippen LogP contribution in [0.15, 0.2) is 80.7 Å². The van der Waals surface area contributed by atoms with Crippen molar-refractivity contribution in [2.45, 2.75) is 4.90 Å². The maximum absolute atomic E-state index is 12.9. The summed E-state index contributed by atoms with van der Waals surface area (Å²) in [7, 11) is -1.36. The van der Waals surface area contributed by atoms with E-state index in [9.17, 15) is 23.1 Å². The van der Waals surface area contributed by atoms with Crippen LogP contribution in [0.5, 0.6) is 5.88 Å². The van der Waals surface area contributed by atoms with Crippen LogP contribution >= 0.6 is 0 Å². The highest BCUT2D eigenvalue weighted by atomic mass is 32.2. The van der Waals surface area contributed by atoms with Crippen LogP contribution in [-0.4, -0.2) is 33.8 Å². The SMILES string of the molecule is Cn1c(O)c(N=Nc2ccccc2C(=O)NS(=O)(=O)c2cccc3cccnc23)c(=O)n1C. The molecular formula is C21H18N6O5S. The Kier molecular flexibility index (Phi) is 5.52. The van der Waals surface area contributed by atoms with E-state index in [-0.39, 0.29) is 27.4 Å². The third-order valence-electron chi connectivity index (χ3n) is 4.98. The lowest BCUT2D eigenvalue weighted by molar-refractivity contribution is 0.0982. The number of sulfonamides is 1. The molecule has 0 radical (unpaired) electrons. The highest BCUT2D eigenvalue weighted by Gasteiger charge is 2.23. The van der Waals surface area contributed by atoms with Crippen LogP contribution in [0.25, 0.3) is 10.9 Å². The molecule has 0 bridgehead atoms. The Hall–Kier alpha value is -4.32. The first kappa shape index (κ1) is 21.9. The minimum absolute atomic E-state index is 0.00607. The zero-order valence-corrected chi connectivity index (χ0v) is 18.3. The Labute approximate surface area is 187 Å². The van der Waals surface area contributed by atoms with E-state index in [0.29, 0.717) is 5.39 Å². The standard InChI is InChI=1S/C21H18N6O5S/c1-26-20(29)18(21(30)27(26)2)24-23-15-10-4-3-9-14(15)19(28)25-33(31,32)16-11-5-7-13-8-6-12-22-17(13)16/h3-12,29H,1-2H3,(H,25,28). The van der Waals surface area contributed by atoms with Gasteiger partial charge in [0.25, 0.3) is 21.5 Å². The second-order valence-electron chi connectivity index (χ2n) is 7.01. The van der Waals surface area contributed by atoms with Gasteiger partial charge in [0.2, 0.25) is 11.6 Å². The number of pyridine rings is 1. The highest BCUT2D eigenvalue weighted by Crippen LogP contribution is 2.27. The summed E-state index contributed by atoms with van der Waals surface area (Å²) in [6.45, 7) is 0. The Morgan fingerprint density at radius 2 is 1.73 bits per heavy atom. The summed E-state index contributed by atoms with van der Waals surface area (Å²) in [5, 5.41) is 18.3. The van der Waals surface area contributed by atoms with Crippen molar-refractivity contribution in [3.8, 4) is 5.88 Å². The van der Waals surface area contributed by atoms with Crippen molar-refractivity contribution < 1.29 is 18.3 Å². The fourth-order valence-corrected chi connectivity index (χ4v) is 4.30. The average Bonchev–Trinajstić information content (AvgIpc) is 2.99. The summed E-state index contributed by atoms with van der Waals surface area (Å²) in [5.41, 5.74) is -0.767. The molecule has 0 spiro atoms. The molecule has 2 N–H and O–H groups in total. The monoisotopic (exact) mass is 466 g/mol. The normalized spacial score (nSPS) is 11.8. The largest absolute Gasteiger partial charge is 0.492 e. The summed E-state index contributed by atoms with van der Waals surface area (Å²) >= 11 is 0. The fraction of sp³-hybridized carbons (Fsp3) is 0.0952. The van der Waals surface area contributed by atoms with Crippen molar-refractivity contribution in [1.82, 2.24) is 19.1 Å². The van der Waals surface area contributed by atoms with Gasteiger partial charge in [-0.25, -0.2) is 17.8 Å². The molecule has 4 aromatic rings.